The number of nitrogens with one attached hydrogen (secondary N) is 1. The molecular weight excluding hydrogens is 310 g/mol. The van der Waals surface area contributed by atoms with E-state index in [1.165, 1.54) is 0 Å². The average Bonchev–Trinajstić information content (AvgIpc) is 2.70. The van der Waals surface area contributed by atoms with Gasteiger partial charge in [0.05, 0.1) is 0 Å². The Kier molecular flexibility index (Phi) is 5.60. The van der Waals surface area contributed by atoms with Crippen molar-refractivity contribution in [2.45, 2.75) is 6.10 Å². The molecule has 0 radical (unpaired) electrons. The van der Waals surface area contributed by atoms with Crippen LogP contribution < -0.4 is 5.48 Å². The van der Waals surface area contributed by atoms with E-state index in [-0.39, 0.29) is 5.91 Å². The number of amides is 1. The topological polar surface area (TPSA) is 38.3 Å². The summed E-state index contributed by atoms with van der Waals surface area (Å²) in [6, 6.07) is 28.2. The number of hydrogen-bond donors (Lipinski definition) is 1. The highest BCUT2D eigenvalue weighted by Gasteiger charge is 2.12. The molecule has 0 aliphatic rings. The number of hydrogen-bond acceptors (Lipinski definition) is 2. The Labute approximate surface area is 147 Å². The van der Waals surface area contributed by atoms with Crippen LogP contribution in [0.3, 0.4) is 0 Å². The largest absolute Gasteiger partial charge is 0.274 e. The molecule has 0 saturated heterocycles. The van der Waals surface area contributed by atoms with E-state index in [2.05, 4.69) is 17.3 Å². The fourth-order valence-corrected chi connectivity index (χ4v) is 2.24. The molecule has 1 amide bonds. The molecule has 0 aromatic heterocycles. The molecule has 0 fully saturated rings. The van der Waals surface area contributed by atoms with Gasteiger partial charge < -0.3 is 0 Å². The summed E-state index contributed by atoms with van der Waals surface area (Å²) in [5, 5.41) is 0. The summed E-state index contributed by atoms with van der Waals surface area (Å²) in [5.74, 6) is 5.85. The molecule has 0 aliphatic heterocycles. The monoisotopic (exact) mass is 327 g/mol. The molecule has 0 aliphatic carbocycles. The minimum absolute atomic E-state index is 0.303. The van der Waals surface area contributed by atoms with Gasteiger partial charge in [-0.15, -0.1) is 0 Å². The van der Waals surface area contributed by atoms with Crippen molar-refractivity contribution < 1.29 is 9.63 Å². The number of hydroxylamine groups is 1. The Morgan fingerprint density at radius 2 is 1.36 bits per heavy atom. The van der Waals surface area contributed by atoms with Crippen molar-refractivity contribution in [1.29, 1.82) is 0 Å². The number of carbonyl (C=O) groups is 1. The predicted octanol–water partition coefficient (Wildman–Crippen LogP) is 4.14. The fraction of sp³-hybridized carbons (Fsp3) is 0.0455. The predicted molar refractivity (Wildman–Crippen MR) is 97.5 cm³/mol. The van der Waals surface area contributed by atoms with Crippen LogP contribution in [-0.4, -0.2) is 5.91 Å². The molecule has 3 rings (SSSR count). The molecule has 25 heavy (non-hydrogen) atoms. The van der Waals surface area contributed by atoms with E-state index in [9.17, 15) is 4.79 Å². The van der Waals surface area contributed by atoms with Gasteiger partial charge in [-0.1, -0.05) is 78.6 Å². The van der Waals surface area contributed by atoms with Crippen molar-refractivity contribution in [3.05, 3.63) is 108 Å². The van der Waals surface area contributed by atoms with E-state index >= 15 is 0 Å². The number of benzene rings is 3. The van der Waals surface area contributed by atoms with Crippen LogP contribution >= 0.6 is 0 Å². The van der Waals surface area contributed by atoms with Crippen molar-refractivity contribution in [2.75, 3.05) is 0 Å². The molecule has 3 heteroatoms. The van der Waals surface area contributed by atoms with Crippen LogP contribution in [0.1, 0.15) is 27.6 Å². The van der Waals surface area contributed by atoms with Gasteiger partial charge >= 0.3 is 0 Å². The maximum absolute atomic E-state index is 12.2. The standard InChI is InChI=1S/C22H17NO2/c24-22(20-14-8-3-9-15-20)23-25-21(19-12-6-2-7-13-19)17-16-18-10-4-1-5-11-18/h1-15,21H,(H,23,24). The van der Waals surface area contributed by atoms with E-state index in [1.54, 1.807) is 24.3 Å². The van der Waals surface area contributed by atoms with Crippen molar-refractivity contribution in [1.82, 2.24) is 5.48 Å². The van der Waals surface area contributed by atoms with Crippen LogP contribution in [0.4, 0.5) is 0 Å². The maximum atomic E-state index is 12.2. The molecule has 3 nitrogen and oxygen atoms in total. The summed E-state index contributed by atoms with van der Waals surface area (Å²) in [6.45, 7) is 0. The van der Waals surface area contributed by atoms with Crippen molar-refractivity contribution in [2.24, 2.45) is 0 Å². The molecule has 3 aromatic rings. The number of rotatable bonds is 4. The first-order valence-corrected chi connectivity index (χ1v) is 7.95. The molecule has 0 heterocycles. The Hall–Kier alpha value is -3.35. The zero-order valence-corrected chi connectivity index (χ0v) is 13.6. The second-order valence-electron chi connectivity index (χ2n) is 5.34. The summed E-state index contributed by atoms with van der Waals surface area (Å²) in [7, 11) is 0. The van der Waals surface area contributed by atoms with Crippen LogP contribution in [-0.2, 0) is 4.84 Å². The first kappa shape index (κ1) is 16.5. The minimum atomic E-state index is -0.561. The summed E-state index contributed by atoms with van der Waals surface area (Å²) in [5.41, 5.74) is 4.79. The molecule has 1 N–H and O–H groups in total. The number of carbonyl (C=O) groups excluding carboxylic acids is 1. The highest BCUT2D eigenvalue weighted by atomic mass is 16.7. The lowest BCUT2D eigenvalue weighted by atomic mass is 10.1. The van der Waals surface area contributed by atoms with E-state index in [0.717, 1.165) is 11.1 Å². The summed E-state index contributed by atoms with van der Waals surface area (Å²) >= 11 is 0. The third-order valence-corrected chi connectivity index (χ3v) is 3.53. The van der Waals surface area contributed by atoms with Gasteiger partial charge in [-0.25, -0.2) is 5.48 Å². The highest BCUT2D eigenvalue weighted by molar-refractivity contribution is 5.93. The lowest BCUT2D eigenvalue weighted by Gasteiger charge is -2.13. The summed E-state index contributed by atoms with van der Waals surface area (Å²) < 4.78 is 0. The van der Waals surface area contributed by atoms with E-state index in [4.69, 9.17) is 4.84 Å². The average molecular weight is 327 g/mol. The second-order valence-corrected chi connectivity index (χ2v) is 5.34. The van der Waals surface area contributed by atoms with Crippen LogP contribution in [0.5, 0.6) is 0 Å². The maximum Gasteiger partial charge on any atom is 0.274 e. The van der Waals surface area contributed by atoms with Gasteiger partial charge in [-0.2, -0.15) is 0 Å². The Morgan fingerprint density at radius 1 is 0.800 bits per heavy atom. The van der Waals surface area contributed by atoms with Gasteiger partial charge in [0.2, 0.25) is 0 Å². The summed E-state index contributed by atoms with van der Waals surface area (Å²) in [4.78, 5) is 17.8. The Morgan fingerprint density at radius 3 is 2.00 bits per heavy atom. The molecule has 1 atom stereocenters. The fourth-order valence-electron chi connectivity index (χ4n) is 2.24. The quantitative estimate of drug-likeness (QED) is 0.578. The van der Waals surface area contributed by atoms with Gasteiger partial charge in [0.15, 0.2) is 6.10 Å². The Balaban J connectivity index is 1.76. The van der Waals surface area contributed by atoms with Crippen LogP contribution in [0.15, 0.2) is 91.0 Å². The summed E-state index contributed by atoms with van der Waals surface area (Å²) in [6.07, 6.45) is -0.561. The Bertz CT molecular complexity index is 865. The molecule has 3 aromatic carbocycles. The van der Waals surface area contributed by atoms with E-state index < -0.39 is 6.10 Å². The van der Waals surface area contributed by atoms with Gasteiger partial charge in [-0.05, 0) is 29.8 Å². The highest BCUT2D eigenvalue weighted by Crippen LogP contribution is 2.15. The first-order chi connectivity index (χ1) is 12.3. The van der Waals surface area contributed by atoms with Gasteiger partial charge in [0.25, 0.3) is 5.91 Å². The molecule has 122 valence electrons. The molecule has 1 unspecified atom stereocenters. The molecule has 0 bridgehead atoms. The first-order valence-electron chi connectivity index (χ1n) is 7.95. The van der Waals surface area contributed by atoms with Crippen LogP contribution in [0.2, 0.25) is 0 Å². The zero-order chi connectivity index (χ0) is 17.3. The third-order valence-electron chi connectivity index (χ3n) is 3.53. The smallest absolute Gasteiger partial charge is 0.267 e. The van der Waals surface area contributed by atoms with Crippen LogP contribution in [0.25, 0.3) is 0 Å². The van der Waals surface area contributed by atoms with Crippen molar-refractivity contribution >= 4 is 5.91 Å². The normalized spacial score (nSPS) is 11.0. The van der Waals surface area contributed by atoms with E-state index in [0.29, 0.717) is 5.56 Å². The molecule has 0 saturated carbocycles. The van der Waals surface area contributed by atoms with Crippen molar-refractivity contribution in [3.8, 4) is 11.8 Å². The third kappa shape index (κ3) is 4.81. The van der Waals surface area contributed by atoms with Gasteiger partial charge in [0, 0.05) is 11.1 Å². The van der Waals surface area contributed by atoms with E-state index in [1.807, 2.05) is 66.7 Å². The molecular formula is C22H17NO2. The van der Waals surface area contributed by atoms with Crippen molar-refractivity contribution in [3.63, 3.8) is 0 Å². The lowest BCUT2D eigenvalue weighted by Crippen LogP contribution is -2.25. The van der Waals surface area contributed by atoms with Gasteiger partial charge in [-0.3, -0.25) is 9.63 Å². The molecule has 0 spiro atoms. The zero-order valence-electron chi connectivity index (χ0n) is 13.6. The van der Waals surface area contributed by atoms with Gasteiger partial charge in [0.1, 0.15) is 0 Å². The second kappa shape index (κ2) is 8.49. The van der Waals surface area contributed by atoms with Crippen LogP contribution in [0, 0.1) is 11.8 Å². The minimum Gasteiger partial charge on any atom is -0.267 e. The lowest BCUT2D eigenvalue weighted by molar-refractivity contribution is 0.00723. The SMILES string of the molecule is O=C(NOC(C#Cc1ccccc1)c1ccccc1)c1ccccc1.